The number of carbonyl (C=O) groups is 3. The molecule has 0 bridgehead atoms. The van der Waals surface area contributed by atoms with Crippen LogP contribution in [0.15, 0.2) is 77.7 Å². The second-order valence-corrected chi connectivity index (χ2v) is 10.4. The van der Waals surface area contributed by atoms with Crippen LogP contribution in [0.3, 0.4) is 0 Å². The average molecular weight is 560 g/mol. The minimum absolute atomic E-state index is 0.0461. The molecule has 1 aliphatic rings. The maximum atomic E-state index is 13.5. The summed E-state index contributed by atoms with van der Waals surface area (Å²) in [4.78, 5) is 40.2. The summed E-state index contributed by atoms with van der Waals surface area (Å²) in [7, 11) is 1.34. The molecule has 1 aromatic heterocycles. The largest absolute Gasteiger partial charge is 0.468 e. The standard InChI is InChI=1S/C29H22FN3O4S2/c1-17-23(22-8-3-4-9-24(22)32(17)16-26(34)37-2)15-25-28(36)33(29(38)39-25)21-7-5-6-18(14-21)27(35)31-20-12-10-19(30)11-13-20/h3-15H,16H2,1-2H3,(H,31,35)/b25-15+. The Morgan fingerprint density at radius 3 is 2.56 bits per heavy atom. The molecular formula is C29H22FN3O4S2. The van der Waals surface area contributed by atoms with E-state index < -0.39 is 11.7 Å². The quantitative estimate of drug-likeness (QED) is 0.180. The van der Waals surface area contributed by atoms with Gasteiger partial charge in [0, 0.05) is 33.4 Å². The number of ether oxygens (including phenoxy) is 1. The van der Waals surface area contributed by atoms with Gasteiger partial charge in [0.15, 0.2) is 4.32 Å². The molecule has 4 aromatic rings. The number of hydrogen-bond donors (Lipinski definition) is 1. The fourth-order valence-electron chi connectivity index (χ4n) is 4.38. The first-order valence-corrected chi connectivity index (χ1v) is 13.1. The van der Waals surface area contributed by atoms with Crippen molar-refractivity contribution in [2.75, 3.05) is 17.3 Å². The van der Waals surface area contributed by atoms with Crippen molar-refractivity contribution in [3.63, 3.8) is 0 Å². The molecule has 0 spiro atoms. The molecule has 0 radical (unpaired) electrons. The maximum absolute atomic E-state index is 13.5. The average Bonchev–Trinajstić information content (AvgIpc) is 3.37. The van der Waals surface area contributed by atoms with Gasteiger partial charge in [0.1, 0.15) is 12.4 Å². The number of methoxy groups -OCH3 is 1. The number of halogens is 1. The van der Waals surface area contributed by atoms with E-state index in [-0.39, 0.29) is 18.4 Å². The molecule has 1 saturated heterocycles. The Morgan fingerprint density at radius 2 is 1.82 bits per heavy atom. The predicted octanol–water partition coefficient (Wildman–Crippen LogP) is 5.92. The highest BCUT2D eigenvalue weighted by Crippen LogP contribution is 2.38. The number of nitrogens with zero attached hydrogens (tertiary/aromatic N) is 2. The van der Waals surface area contributed by atoms with Crippen LogP contribution in [0.5, 0.6) is 0 Å². The Balaban J connectivity index is 1.45. The molecule has 2 heterocycles. The third-order valence-corrected chi connectivity index (χ3v) is 7.63. The van der Waals surface area contributed by atoms with Crippen LogP contribution in [0, 0.1) is 12.7 Å². The number of para-hydroxylation sites is 1. The lowest BCUT2D eigenvalue weighted by Crippen LogP contribution is -2.27. The Labute approximate surface area is 233 Å². The zero-order valence-electron chi connectivity index (χ0n) is 20.9. The molecule has 39 heavy (non-hydrogen) atoms. The number of amides is 2. The van der Waals surface area contributed by atoms with E-state index in [0.29, 0.717) is 26.2 Å². The van der Waals surface area contributed by atoms with Crippen molar-refractivity contribution in [3.8, 4) is 0 Å². The number of benzene rings is 3. The van der Waals surface area contributed by atoms with E-state index in [2.05, 4.69) is 5.32 Å². The van der Waals surface area contributed by atoms with Gasteiger partial charge in [0.2, 0.25) is 0 Å². The van der Waals surface area contributed by atoms with Crippen molar-refractivity contribution >= 4 is 74.4 Å². The van der Waals surface area contributed by atoms with E-state index in [9.17, 15) is 18.8 Å². The van der Waals surface area contributed by atoms with Gasteiger partial charge in [-0.2, -0.15) is 0 Å². The van der Waals surface area contributed by atoms with Gasteiger partial charge in [-0.3, -0.25) is 19.3 Å². The topological polar surface area (TPSA) is 80.6 Å². The summed E-state index contributed by atoms with van der Waals surface area (Å²) in [6, 6.07) is 19.7. The number of thioether (sulfide) groups is 1. The molecule has 3 aromatic carbocycles. The molecule has 0 aliphatic carbocycles. The summed E-state index contributed by atoms with van der Waals surface area (Å²) in [6.45, 7) is 1.93. The molecule has 5 rings (SSSR count). The first-order chi connectivity index (χ1) is 18.8. The lowest BCUT2D eigenvalue weighted by Gasteiger charge is -2.15. The highest BCUT2D eigenvalue weighted by molar-refractivity contribution is 8.27. The summed E-state index contributed by atoms with van der Waals surface area (Å²) in [6.07, 6.45) is 1.79. The molecule has 1 fully saturated rings. The molecule has 7 nitrogen and oxygen atoms in total. The molecule has 10 heteroatoms. The summed E-state index contributed by atoms with van der Waals surface area (Å²) in [5, 5.41) is 3.61. The van der Waals surface area contributed by atoms with Crippen LogP contribution < -0.4 is 10.2 Å². The van der Waals surface area contributed by atoms with Crippen LogP contribution in [0.2, 0.25) is 0 Å². The monoisotopic (exact) mass is 559 g/mol. The molecule has 1 aliphatic heterocycles. The zero-order valence-corrected chi connectivity index (χ0v) is 22.6. The van der Waals surface area contributed by atoms with Crippen LogP contribution in [-0.4, -0.2) is 33.8 Å². The van der Waals surface area contributed by atoms with Crippen molar-refractivity contribution in [2.24, 2.45) is 0 Å². The van der Waals surface area contributed by atoms with Gasteiger partial charge in [0.05, 0.1) is 17.7 Å². The predicted molar refractivity (Wildman–Crippen MR) is 155 cm³/mol. The number of carbonyl (C=O) groups excluding carboxylic acids is 3. The van der Waals surface area contributed by atoms with E-state index in [0.717, 1.165) is 22.2 Å². The highest BCUT2D eigenvalue weighted by Gasteiger charge is 2.34. The molecule has 0 unspecified atom stereocenters. The Kier molecular flexibility index (Phi) is 7.32. The maximum Gasteiger partial charge on any atom is 0.325 e. The van der Waals surface area contributed by atoms with Crippen LogP contribution >= 0.6 is 24.0 Å². The molecule has 196 valence electrons. The number of thiocarbonyl (C=S) groups is 1. The van der Waals surface area contributed by atoms with Gasteiger partial charge >= 0.3 is 5.97 Å². The third kappa shape index (κ3) is 5.21. The fourth-order valence-corrected chi connectivity index (χ4v) is 5.66. The van der Waals surface area contributed by atoms with Gasteiger partial charge in [-0.15, -0.1) is 0 Å². The number of aromatic nitrogens is 1. The van der Waals surface area contributed by atoms with Crippen LogP contribution in [0.1, 0.15) is 21.6 Å². The number of hydrogen-bond acceptors (Lipinski definition) is 6. The Hall–Kier alpha value is -4.28. The van der Waals surface area contributed by atoms with Crippen molar-refractivity contribution in [2.45, 2.75) is 13.5 Å². The second-order valence-electron chi connectivity index (χ2n) is 8.71. The minimum Gasteiger partial charge on any atom is -0.468 e. The number of nitrogens with one attached hydrogen (secondary N) is 1. The molecule has 0 saturated carbocycles. The fraction of sp³-hybridized carbons (Fsp3) is 0.103. The van der Waals surface area contributed by atoms with Crippen molar-refractivity contribution in [1.82, 2.24) is 4.57 Å². The van der Waals surface area contributed by atoms with Gasteiger partial charge in [-0.25, -0.2) is 4.39 Å². The van der Waals surface area contributed by atoms with Crippen LogP contribution in [0.25, 0.3) is 17.0 Å². The first-order valence-electron chi connectivity index (χ1n) is 11.9. The molecule has 2 amide bonds. The normalized spacial score (nSPS) is 14.3. The van der Waals surface area contributed by atoms with E-state index in [1.807, 2.05) is 35.8 Å². The van der Waals surface area contributed by atoms with Crippen molar-refractivity contribution < 1.29 is 23.5 Å². The van der Waals surface area contributed by atoms with Crippen LogP contribution in [-0.2, 0) is 20.9 Å². The Morgan fingerprint density at radius 1 is 1.08 bits per heavy atom. The van der Waals surface area contributed by atoms with E-state index in [4.69, 9.17) is 17.0 Å². The minimum atomic E-state index is -0.404. The van der Waals surface area contributed by atoms with E-state index in [1.165, 1.54) is 48.0 Å². The SMILES string of the molecule is COC(=O)Cn1c(C)c(/C=C2/SC(=S)N(c3cccc(C(=O)Nc4ccc(F)cc4)c3)C2=O)c2ccccc21. The molecule has 1 N–H and O–H groups in total. The Bertz CT molecular complexity index is 1680. The lowest BCUT2D eigenvalue weighted by molar-refractivity contribution is -0.141. The highest BCUT2D eigenvalue weighted by atomic mass is 32.2. The molecular weight excluding hydrogens is 537 g/mol. The third-order valence-electron chi connectivity index (χ3n) is 6.33. The van der Waals surface area contributed by atoms with Gasteiger partial charge in [-0.1, -0.05) is 48.2 Å². The number of rotatable bonds is 6. The number of esters is 1. The number of anilines is 2. The summed E-state index contributed by atoms with van der Waals surface area (Å²) < 4.78 is 20.2. The van der Waals surface area contributed by atoms with Crippen LogP contribution in [0.4, 0.5) is 15.8 Å². The summed E-state index contributed by atoms with van der Waals surface area (Å²) in [5.41, 5.74) is 3.69. The smallest absolute Gasteiger partial charge is 0.325 e. The van der Waals surface area contributed by atoms with E-state index >= 15 is 0 Å². The molecule has 0 atom stereocenters. The van der Waals surface area contributed by atoms with Gasteiger partial charge in [-0.05, 0) is 61.5 Å². The van der Waals surface area contributed by atoms with Crippen molar-refractivity contribution in [3.05, 3.63) is 100 Å². The second kappa shape index (κ2) is 10.8. The van der Waals surface area contributed by atoms with Crippen molar-refractivity contribution in [1.29, 1.82) is 0 Å². The van der Waals surface area contributed by atoms with E-state index in [1.54, 1.807) is 30.3 Å². The summed E-state index contributed by atoms with van der Waals surface area (Å²) >= 11 is 6.72. The van der Waals surface area contributed by atoms with Gasteiger partial charge < -0.3 is 14.6 Å². The zero-order chi connectivity index (χ0) is 27.7. The number of fused-ring (bicyclic) bond motifs is 1. The lowest BCUT2D eigenvalue weighted by atomic mass is 10.1. The summed E-state index contributed by atoms with van der Waals surface area (Å²) in [5.74, 6) is -1.50. The first kappa shape index (κ1) is 26.3. The van der Waals surface area contributed by atoms with Gasteiger partial charge in [0.25, 0.3) is 11.8 Å².